The van der Waals surface area contributed by atoms with Crippen molar-refractivity contribution < 1.29 is 14.6 Å². The van der Waals surface area contributed by atoms with Crippen LogP contribution in [0.3, 0.4) is 0 Å². The molecule has 2 unspecified atom stereocenters. The maximum atomic E-state index is 11.5. The molecule has 1 aromatic heterocycles. The van der Waals surface area contributed by atoms with Gasteiger partial charge in [-0.2, -0.15) is 0 Å². The first kappa shape index (κ1) is 29.1. The summed E-state index contributed by atoms with van der Waals surface area (Å²) in [7, 11) is -2.33. The number of nitrogens with zero attached hydrogens (tertiary/aromatic N) is 3. The monoisotopic (exact) mass is 708 g/mol. The van der Waals surface area contributed by atoms with Gasteiger partial charge < -0.3 is 19.1 Å². The highest BCUT2D eigenvalue weighted by atomic mass is 127. The normalized spacial score (nSPS) is 23.1. The third-order valence-corrected chi connectivity index (χ3v) is 10.4. The highest BCUT2D eigenvalue weighted by molar-refractivity contribution is 14.2. The Morgan fingerprint density at radius 2 is 1.72 bits per heavy atom. The molecule has 1 fully saturated rings. The minimum absolute atomic E-state index is 0.217. The second-order valence-electron chi connectivity index (χ2n) is 11.3. The lowest BCUT2D eigenvalue weighted by Crippen LogP contribution is -2.65. The third-order valence-electron chi connectivity index (χ3n) is 5.76. The number of ether oxygens (including phenoxy) is 2. The molecule has 32 heavy (non-hydrogen) atoms. The van der Waals surface area contributed by atoms with Crippen molar-refractivity contribution in [3.8, 4) is 0 Å². The fourth-order valence-corrected chi connectivity index (χ4v) is 6.88. The summed E-state index contributed by atoms with van der Waals surface area (Å²) in [5, 5.41) is 15.2. The van der Waals surface area contributed by atoms with Crippen molar-refractivity contribution in [2.75, 3.05) is 33.1 Å². The van der Waals surface area contributed by atoms with Crippen LogP contribution in [0.5, 0.6) is 0 Å². The van der Waals surface area contributed by atoms with Crippen molar-refractivity contribution in [3.63, 3.8) is 0 Å². The van der Waals surface area contributed by atoms with E-state index in [2.05, 4.69) is 104 Å². The molecule has 2 N–H and O–H groups in total. The summed E-state index contributed by atoms with van der Waals surface area (Å²) in [5.74, 6) is 0.928. The van der Waals surface area contributed by atoms with E-state index in [-0.39, 0.29) is 1.55 Å². The van der Waals surface area contributed by atoms with Crippen LogP contribution < -0.4 is 5.32 Å². The smallest absolute Gasteiger partial charge is 0.137 e. The molecule has 0 aromatic carbocycles. The molecule has 0 radical (unpaired) electrons. The second-order valence-corrected chi connectivity index (χ2v) is 28.3. The highest BCUT2D eigenvalue weighted by Gasteiger charge is 2.55. The van der Waals surface area contributed by atoms with Gasteiger partial charge in [0.05, 0.1) is 13.2 Å². The zero-order valence-electron chi connectivity index (χ0n) is 20.8. The Bertz CT molecular complexity index is 725. The maximum Gasteiger partial charge on any atom is 0.137 e. The fourth-order valence-electron chi connectivity index (χ4n) is 3.61. The summed E-state index contributed by atoms with van der Waals surface area (Å²) < 4.78 is 14.0. The summed E-state index contributed by atoms with van der Waals surface area (Å²) in [6.45, 7) is 19.7. The number of aromatic nitrogens is 2. The Balaban J connectivity index is 2.18. The van der Waals surface area contributed by atoms with E-state index in [1.807, 2.05) is 19.3 Å². The van der Waals surface area contributed by atoms with E-state index in [9.17, 15) is 5.11 Å². The molecule has 186 valence electrons. The number of aliphatic hydroxyl groups is 1. The Labute approximate surface area is 223 Å². The van der Waals surface area contributed by atoms with Gasteiger partial charge in [0.15, 0.2) is 0 Å². The molecule has 0 bridgehead atoms. The zero-order chi connectivity index (χ0) is 24.2. The molecule has 0 saturated carbocycles. The fraction of sp³-hybridized carbons (Fsp3) is 0.857. The summed E-state index contributed by atoms with van der Waals surface area (Å²) in [4.78, 5) is 6.65. The van der Waals surface area contributed by atoms with Crippen molar-refractivity contribution >= 4 is 61.3 Å². The number of halogens is 2. The van der Waals surface area contributed by atoms with Crippen molar-refractivity contribution in [2.45, 2.75) is 78.2 Å². The van der Waals surface area contributed by atoms with Gasteiger partial charge in [-0.05, 0) is 64.2 Å². The van der Waals surface area contributed by atoms with Crippen molar-refractivity contribution in [1.29, 1.82) is 0 Å². The molecule has 1 aliphatic rings. The molecule has 11 heteroatoms. The lowest BCUT2D eigenvalue weighted by Gasteiger charge is -2.42. The van der Waals surface area contributed by atoms with E-state index in [1.54, 1.807) is 0 Å². The van der Waals surface area contributed by atoms with Crippen molar-refractivity contribution in [2.24, 2.45) is 0 Å². The van der Waals surface area contributed by atoms with Gasteiger partial charge in [0.25, 0.3) is 0 Å². The maximum absolute atomic E-state index is 11.5. The standard InChI is InChI=1S/C21H42I2N4O3Si2/c1-18-24-8-9-26(18)15-20(19(28)14-29-10-12-31(2,3)4)25-21(22,23)16-27(20)17-30-11-13-32(5,6)7/h8-9,19,25,28H,10-17H2,1-7H3. The van der Waals surface area contributed by atoms with Gasteiger partial charge >= 0.3 is 0 Å². The van der Waals surface area contributed by atoms with Crippen molar-refractivity contribution in [3.05, 3.63) is 18.2 Å². The van der Waals surface area contributed by atoms with Crippen LogP contribution >= 0.6 is 45.2 Å². The summed E-state index contributed by atoms with van der Waals surface area (Å²) >= 11 is 4.87. The number of alkyl halides is 2. The summed E-state index contributed by atoms with van der Waals surface area (Å²) in [6, 6.07) is 2.22. The Kier molecular flexibility index (Phi) is 10.7. The number of aliphatic hydroxyl groups excluding tert-OH is 1. The van der Waals surface area contributed by atoms with Crippen LogP contribution in [0.25, 0.3) is 0 Å². The molecule has 2 rings (SSSR count). The minimum Gasteiger partial charge on any atom is -0.387 e. The quantitative estimate of drug-likeness (QED) is 0.105. The van der Waals surface area contributed by atoms with Gasteiger partial charge in [0, 0.05) is 48.3 Å². The molecule has 1 saturated heterocycles. The minimum atomic E-state index is -1.18. The van der Waals surface area contributed by atoms with E-state index < -0.39 is 27.9 Å². The molecular weight excluding hydrogens is 666 g/mol. The van der Waals surface area contributed by atoms with Gasteiger partial charge in [-0.1, -0.05) is 39.3 Å². The first-order chi connectivity index (χ1) is 14.6. The van der Waals surface area contributed by atoms with Crippen LogP contribution in [0.1, 0.15) is 5.82 Å². The van der Waals surface area contributed by atoms with Crippen LogP contribution in [0.4, 0.5) is 0 Å². The van der Waals surface area contributed by atoms with Crippen LogP contribution in [-0.2, 0) is 16.0 Å². The zero-order valence-corrected chi connectivity index (χ0v) is 27.1. The lowest BCUT2D eigenvalue weighted by atomic mass is 10.0. The molecule has 1 aliphatic heterocycles. The van der Waals surface area contributed by atoms with Gasteiger partial charge in [-0.15, -0.1) is 0 Å². The largest absolute Gasteiger partial charge is 0.387 e. The number of hydrogen-bond donors (Lipinski definition) is 2. The molecule has 0 amide bonds. The lowest BCUT2D eigenvalue weighted by molar-refractivity contribution is -0.106. The highest BCUT2D eigenvalue weighted by Crippen LogP contribution is 2.40. The molecule has 2 atom stereocenters. The van der Waals surface area contributed by atoms with Gasteiger partial charge in [-0.3, -0.25) is 10.2 Å². The Morgan fingerprint density at radius 3 is 2.25 bits per heavy atom. The summed E-state index contributed by atoms with van der Waals surface area (Å²) in [6.07, 6.45) is 3.07. The molecule has 1 aromatic rings. The van der Waals surface area contributed by atoms with E-state index in [0.29, 0.717) is 26.5 Å². The van der Waals surface area contributed by atoms with Gasteiger partial charge in [-0.25, -0.2) is 4.98 Å². The van der Waals surface area contributed by atoms with E-state index in [1.165, 1.54) is 0 Å². The molecular formula is C21H42I2N4O3Si2. The second kappa shape index (κ2) is 11.8. The van der Waals surface area contributed by atoms with Crippen molar-refractivity contribution in [1.82, 2.24) is 19.8 Å². The third kappa shape index (κ3) is 9.17. The van der Waals surface area contributed by atoms with Crippen LogP contribution in [-0.4, -0.2) is 82.1 Å². The van der Waals surface area contributed by atoms with E-state index in [0.717, 1.165) is 31.1 Å². The average molecular weight is 709 g/mol. The number of imidazole rings is 1. The topological polar surface area (TPSA) is 71.8 Å². The number of rotatable bonds is 13. The number of hydrogen-bond acceptors (Lipinski definition) is 6. The van der Waals surface area contributed by atoms with E-state index >= 15 is 0 Å². The molecule has 0 aliphatic carbocycles. The number of aryl methyl sites for hydroxylation is 1. The molecule has 0 spiro atoms. The molecule has 7 nitrogen and oxygen atoms in total. The SMILES string of the molecule is Cc1nccn1CC1(C(O)COCC[Si](C)(C)C)NC(I)(I)CN1COCC[Si](C)(C)C. The Hall–Kier alpha value is 0.904. The van der Waals surface area contributed by atoms with Crippen LogP contribution in [0.15, 0.2) is 12.4 Å². The van der Waals surface area contributed by atoms with Gasteiger partial charge in [0.1, 0.15) is 25.9 Å². The summed E-state index contributed by atoms with van der Waals surface area (Å²) in [5.41, 5.74) is -0.702. The first-order valence-corrected chi connectivity index (χ1v) is 20.9. The number of nitrogens with one attached hydrogen (secondary N) is 1. The Morgan fingerprint density at radius 1 is 1.12 bits per heavy atom. The van der Waals surface area contributed by atoms with E-state index in [4.69, 9.17) is 9.47 Å². The first-order valence-electron chi connectivity index (χ1n) is 11.4. The predicted molar refractivity (Wildman–Crippen MR) is 154 cm³/mol. The van der Waals surface area contributed by atoms with Crippen LogP contribution in [0.2, 0.25) is 51.4 Å². The van der Waals surface area contributed by atoms with Gasteiger partial charge in [0.2, 0.25) is 0 Å². The predicted octanol–water partition coefficient (Wildman–Crippen LogP) is 4.34. The average Bonchev–Trinajstić information content (AvgIpc) is 3.14. The van der Waals surface area contributed by atoms with Crippen LogP contribution in [0, 0.1) is 6.92 Å². The molecule has 2 heterocycles.